The van der Waals surface area contributed by atoms with E-state index in [0.717, 1.165) is 44.9 Å². The van der Waals surface area contributed by atoms with Crippen molar-refractivity contribution in [2.45, 2.75) is 226 Å². The highest BCUT2D eigenvalue weighted by atomic mass is 16.5. The summed E-state index contributed by atoms with van der Waals surface area (Å²) in [5.74, 6) is -0.299. The van der Waals surface area contributed by atoms with Gasteiger partial charge in [0.25, 0.3) is 0 Å². The lowest BCUT2D eigenvalue weighted by Crippen LogP contribution is -2.46. The second-order valence-electron chi connectivity index (χ2n) is 13.5. The molecule has 266 valence electrons. The largest absolute Gasteiger partial charge is 0.456 e. The molecule has 2 atom stereocenters. The lowest BCUT2D eigenvalue weighted by Gasteiger charge is -2.24. The van der Waals surface area contributed by atoms with Gasteiger partial charge in [0.2, 0.25) is 5.91 Å². The maximum absolute atomic E-state index is 12.8. The molecule has 45 heavy (non-hydrogen) atoms. The summed E-state index contributed by atoms with van der Waals surface area (Å²) in [7, 11) is 0. The molecular weight excluding hydrogens is 558 g/mol. The first-order chi connectivity index (χ1) is 22.1. The van der Waals surface area contributed by atoms with Crippen LogP contribution in [0.5, 0.6) is 0 Å². The lowest BCUT2D eigenvalue weighted by molar-refractivity contribution is -0.149. The Balaban J connectivity index is 4.55. The van der Waals surface area contributed by atoms with E-state index in [1.807, 2.05) is 6.08 Å². The minimum atomic E-state index is -0.633. The number of rotatable bonds is 35. The van der Waals surface area contributed by atoms with Crippen molar-refractivity contribution >= 4 is 11.9 Å². The van der Waals surface area contributed by atoms with E-state index >= 15 is 0 Å². The van der Waals surface area contributed by atoms with Gasteiger partial charge in [-0.1, -0.05) is 181 Å². The van der Waals surface area contributed by atoms with Crippen molar-refractivity contribution in [1.29, 1.82) is 0 Å². The van der Waals surface area contributed by atoms with Crippen LogP contribution in [0, 0.1) is 0 Å². The van der Waals surface area contributed by atoms with E-state index in [4.69, 9.17) is 4.74 Å². The molecule has 0 fully saturated rings. The van der Waals surface area contributed by atoms with Gasteiger partial charge in [0.1, 0.15) is 6.10 Å². The Morgan fingerprint density at radius 2 is 0.933 bits per heavy atom. The van der Waals surface area contributed by atoms with Crippen LogP contribution in [0.25, 0.3) is 0 Å². The molecule has 0 saturated heterocycles. The van der Waals surface area contributed by atoms with E-state index in [1.54, 1.807) is 0 Å². The van der Waals surface area contributed by atoms with Crippen LogP contribution >= 0.6 is 0 Å². The first-order valence-corrected chi connectivity index (χ1v) is 19.8. The quantitative estimate of drug-likeness (QED) is 0.0413. The van der Waals surface area contributed by atoms with Crippen LogP contribution in [-0.2, 0) is 14.3 Å². The molecule has 0 bridgehead atoms. The second kappa shape index (κ2) is 35.5. The minimum absolute atomic E-state index is 0.0644. The van der Waals surface area contributed by atoms with Crippen molar-refractivity contribution in [2.24, 2.45) is 0 Å². The van der Waals surface area contributed by atoms with Crippen LogP contribution in [0.3, 0.4) is 0 Å². The SMILES string of the molecule is CCCCCCCCCC=C[C@@H](OC(=O)CCCCCCCCCCC)[C@H](CO)NC(=O)CCCCCCCCCCCCC. The normalized spacial score (nSPS) is 12.9. The van der Waals surface area contributed by atoms with Crippen molar-refractivity contribution < 1.29 is 19.4 Å². The van der Waals surface area contributed by atoms with E-state index in [2.05, 4.69) is 32.2 Å². The van der Waals surface area contributed by atoms with Crippen LogP contribution in [0.4, 0.5) is 0 Å². The van der Waals surface area contributed by atoms with E-state index in [9.17, 15) is 14.7 Å². The smallest absolute Gasteiger partial charge is 0.306 e. The molecule has 0 aliphatic heterocycles. The highest BCUT2D eigenvalue weighted by Crippen LogP contribution is 2.15. The zero-order chi connectivity index (χ0) is 33.1. The summed E-state index contributed by atoms with van der Waals surface area (Å²) in [5, 5.41) is 13.1. The number of amides is 1. The summed E-state index contributed by atoms with van der Waals surface area (Å²) in [6.07, 6.45) is 38.4. The number of aliphatic hydroxyl groups excluding tert-OH is 1. The Morgan fingerprint density at radius 1 is 0.556 bits per heavy atom. The standard InChI is InChI=1S/C40H77NO4/c1-4-7-10-13-16-19-20-23-25-28-31-34-39(43)41-37(36-42)38(33-30-27-24-21-17-14-11-8-5-2)45-40(44)35-32-29-26-22-18-15-12-9-6-3/h30,33,37-38,42H,4-29,31-32,34-36H2,1-3H3,(H,41,43)/t37-,38+/m0/s1. The number of unbranched alkanes of at least 4 members (excludes halogenated alkanes) is 25. The molecule has 0 radical (unpaired) electrons. The lowest BCUT2D eigenvalue weighted by atomic mass is 10.0. The number of allylic oxidation sites excluding steroid dienone is 1. The van der Waals surface area contributed by atoms with Gasteiger partial charge in [0, 0.05) is 12.8 Å². The summed E-state index contributed by atoms with van der Waals surface area (Å²) in [6.45, 7) is 6.49. The molecule has 0 saturated carbocycles. The van der Waals surface area contributed by atoms with E-state index in [-0.39, 0.29) is 18.5 Å². The van der Waals surface area contributed by atoms with Gasteiger partial charge in [-0.3, -0.25) is 9.59 Å². The minimum Gasteiger partial charge on any atom is -0.456 e. The van der Waals surface area contributed by atoms with Crippen molar-refractivity contribution in [1.82, 2.24) is 5.32 Å². The molecule has 5 heteroatoms. The first kappa shape index (κ1) is 43.6. The van der Waals surface area contributed by atoms with Crippen molar-refractivity contribution in [3.05, 3.63) is 12.2 Å². The average Bonchev–Trinajstić information content (AvgIpc) is 3.04. The Hall–Kier alpha value is -1.36. The number of esters is 1. The number of hydrogen-bond donors (Lipinski definition) is 2. The summed E-state index contributed by atoms with van der Waals surface area (Å²) in [5.41, 5.74) is 0. The van der Waals surface area contributed by atoms with Crippen molar-refractivity contribution in [3.63, 3.8) is 0 Å². The fraction of sp³-hybridized carbons (Fsp3) is 0.900. The third kappa shape index (κ3) is 31.0. The monoisotopic (exact) mass is 636 g/mol. The number of carbonyl (C=O) groups excluding carboxylic acids is 2. The van der Waals surface area contributed by atoms with Gasteiger partial charge in [0.05, 0.1) is 12.6 Å². The molecular formula is C40H77NO4. The predicted octanol–water partition coefficient (Wildman–Crippen LogP) is 11.7. The molecule has 0 heterocycles. The molecule has 0 aliphatic carbocycles. The second-order valence-corrected chi connectivity index (χ2v) is 13.5. The number of nitrogens with one attached hydrogen (secondary N) is 1. The first-order valence-electron chi connectivity index (χ1n) is 19.8. The molecule has 0 unspecified atom stereocenters. The molecule has 5 nitrogen and oxygen atoms in total. The maximum atomic E-state index is 12.8. The summed E-state index contributed by atoms with van der Waals surface area (Å²) >= 11 is 0. The van der Waals surface area contributed by atoms with Crippen molar-refractivity contribution in [3.8, 4) is 0 Å². The topological polar surface area (TPSA) is 75.6 Å². The fourth-order valence-corrected chi connectivity index (χ4v) is 5.96. The van der Waals surface area contributed by atoms with Gasteiger partial charge in [-0.25, -0.2) is 0 Å². The Labute approximate surface area is 280 Å². The zero-order valence-corrected chi connectivity index (χ0v) is 30.4. The van der Waals surface area contributed by atoms with Crippen molar-refractivity contribution in [2.75, 3.05) is 6.61 Å². The molecule has 0 spiro atoms. The third-order valence-corrected chi connectivity index (χ3v) is 9.00. The van der Waals surface area contributed by atoms with E-state index in [0.29, 0.717) is 12.8 Å². The van der Waals surface area contributed by atoms with E-state index in [1.165, 1.54) is 135 Å². The van der Waals surface area contributed by atoms with Gasteiger partial charge >= 0.3 is 5.97 Å². The molecule has 0 aliphatic rings. The van der Waals surface area contributed by atoms with Gasteiger partial charge in [-0.2, -0.15) is 0 Å². The maximum Gasteiger partial charge on any atom is 0.306 e. The van der Waals surface area contributed by atoms with Gasteiger partial charge in [-0.05, 0) is 31.8 Å². The fourth-order valence-electron chi connectivity index (χ4n) is 5.96. The highest BCUT2D eigenvalue weighted by Gasteiger charge is 2.24. The Bertz CT molecular complexity index is 665. The van der Waals surface area contributed by atoms with Gasteiger partial charge in [0.15, 0.2) is 0 Å². The number of hydrogen-bond acceptors (Lipinski definition) is 4. The van der Waals surface area contributed by atoms with Gasteiger partial charge < -0.3 is 15.2 Å². The summed E-state index contributed by atoms with van der Waals surface area (Å²) in [6, 6.07) is -0.609. The molecule has 0 aromatic heterocycles. The number of carbonyl (C=O) groups is 2. The molecule has 1 amide bonds. The Kier molecular flexibility index (Phi) is 34.4. The summed E-state index contributed by atoms with van der Waals surface area (Å²) < 4.78 is 5.86. The predicted molar refractivity (Wildman–Crippen MR) is 194 cm³/mol. The van der Waals surface area contributed by atoms with Crippen LogP contribution in [-0.4, -0.2) is 35.7 Å². The highest BCUT2D eigenvalue weighted by molar-refractivity contribution is 5.76. The number of aliphatic hydroxyl groups is 1. The van der Waals surface area contributed by atoms with Gasteiger partial charge in [-0.15, -0.1) is 0 Å². The molecule has 2 N–H and O–H groups in total. The van der Waals surface area contributed by atoms with Crippen LogP contribution < -0.4 is 5.32 Å². The molecule has 0 rings (SSSR count). The molecule has 0 aromatic carbocycles. The zero-order valence-electron chi connectivity index (χ0n) is 30.4. The van der Waals surface area contributed by atoms with Crippen LogP contribution in [0.2, 0.25) is 0 Å². The molecule has 0 aromatic rings. The van der Waals surface area contributed by atoms with Crippen LogP contribution in [0.15, 0.2) is 12.2 Å². The van der Waals surface area contributed by atoms with E-state index < -0.39 is 12.1 Å². The number of ether oxygens (including phenoxy) is 1. The Morgan fingerprint density at radius 3 is 1.36 bits per heavy atom. The summed E-state index contributed by atoms with van der Waals surface area (Å²) in [4.78, 5) is 25.5. The van der Waals surface area contributed by atoms with Crippen LogP contribution in [0.1, 0.15) is 213 Å². The average molecular weight is 636 g/mol. The third-order valence-electron chi connectivity index (χ3n) is 9.00.